The van der Waals surface area contributed by atoms with Crippen molar-refractivity contribution in [1.82, 2.24) is 9.71 Å². The maximum Gasteiger partial charge on any atom is 0.333 e. The summed E-state index contributed by atoms with van der Waals surface area (Å²) in [5.74, 6) is -0.0117. The van der Waals surface area contributed by atoms with Gasteiger partial charge < -0.3 is 10.4 Å². The minimum Gasteiger partial charge on any atom is -0.385 e. The minimum absolute atomic E-state index is 0.00587. The Balaban J connectivity index is 2.39. The Labute approximate surface area is 187 Å². The number of carbonyl (C=O) groups excluding carboxylic acids is 1. The van der Waals surface area contributed by atoms with Crippen molar-refractivity contribution in [3.63, 3.8) is 0 Å². The van der Waals surface area contributed by atoms with E-state index in [1.165, 1.54) is 13.8 Å². The van der Waals surface area contributed by atoms with Gasteiger partial charge in [0.05, 0.1) is 27.8 Å². The van der Waals surface area contributed by atoms with Gasteiger partial charge in [-0.25, -0.2) is 14.5 Å². The number of sulfonamides is 1. The Morgan fingerprint density at radius 2 is 1.71 bits per heavy atom. The summed E-state index contributed by atoms with van der Waals surface area (Å²) in [5.41, 5.74) is 1.58. The lowest BCUT2D eigenvalue weighted by Gasteiger charge is -2.21. The van der Waals surface area contributed by atoms with E-state index in [0.717, 1.165) is 22.5 Å². The molecule has 0 aliphatic heterocycles. The molecular weight excluding hydrogens is 436 g/mol. The van der Waals surface area contributed by atoms with Gasteiger partial charge in [-0.05, 0) is 55.9 Å². The first kappa shape index (κ1) is 24.8. The van der Waals surface area contributed by atoms with Gasteiger partial charge in [0.1, 0.15) is 0 Å². The Morgan fingerprint density at radius 3 is 2.10 bits per heavy atom. The normalized spacial score (nSPS) is 12.2. The van der Waals surface area contributed by atoms with Crippen molar-refractivity contribution in [2.24, 2.45) is 0 Å². The molecule has 0 bridgehead atoms. The summed E-state index contributed by atoms with van der Waals surface area (Å²) in [5, 5.41) is 22.2. The number of aromatic nitrogens is 1. The first-order chi connectivity index (χ1) is 14.2. The third kappa shape index (κ3) is 5.61. The molecule has 168 valence electrons. The van der Waals surface area contributed by atoms with Crippen LogP contribution in [0.25, 0.3) is 0 Å². The molecule has 0 atom stereocenters. The number of hydrogen-bond donors (Lipinski definition) is 3. The van der Waals surface area contributed by atoms with Crippen LogP contribution in [0, 0.1) is 18.3 Å². The van der Waals surface area contributed by atoms with Gasteiger partial charge in [-0.3, -0.25) is 0 Å². The molecule has 0 unspecified atom stereocenters. The van der Waals surface area contributed by atoms with E-state index in [9.17, 15) is 23.6 Å². The largest absolute Gasteiger partial charge is 0.385 e. The van der Waals surface area contributed by atoms with E-state index in [4.69, 9.17) is 0 Å². The predicted octanol–water partition coefficient (Wildman–Crippen LogP) is 4.31. The smallest absolute Gasteiger partial charge is 0.333 e. The van der Waals surface area contributed by atoms with Gasteiger partial charge in [0.15, 0.2) is 0 Å². The van der Waals surface area contributed by atoms with E-state index in [-0.39, 0.29) is 16.2 Å². The number of carbonyl (C=O) groups is 1. The zero-order valence-electron chi connectivity index (χ0n) is 18.7. The highest BCUT2D eigenvalue weighted by Crippen LogP contribution is 2.34. The fourth-order valence-corrected chi connectivity index (χ4v) is 5.42. The predicted molar refractivity (Wildman–Crippen MR) is 121 cm³/mol. The van der Waals surface area contributed by atoms with Crippen LogP contribution in [0.1, 0.15) is 80.6 Å². The molecule has 8 nitrogen and oxygen atoms in total. The monoisotopic (exact) mass is 464 g/mol. The highest BCUT2D eigenvalue weighted by atomic mass is 32.2. The summed E-state index contributed by atoms with van der Waals surface area (Å²) in [6, 6.07) is 4.59. The first-order valence-corrected chi connectivity index (χ1v) is 12.1. The molecule has 10 heteroatoms. The quantitative estimate of drug-likeness (QED) is 0.584. The standard InChI is InChI=1S/C21H28N4O4S2/c1-11(2)15-8-14(10-22)9-16(12(3)4)17(15)24-19(26)25-31(28,29)20-23-13(5)18(30-20)21(6,7)27/h8-9,11-12,27H,1-7H3,(H2,24,25,26). The molecule has 1 aromatic heterocycles. The number of nitrogens with one attached hydrogen (secondary N) is 2. The van der Waals surface area contributed by atoms with Crippen LogP contribution in [0.2, 0.25) is 0 Å². The van der Waals surface area contributed by atoms with Crippen LogP contribution >= 0.6 is 11.3 Å². The van der Waals surface area contributed by atoms with Gasteiger partial charge >= 0.3 is 6.03 Å². The molecule has 2 aromatic rings. The Bertz CT molecular complexity index is 1110. The number of aliphatic hydroxyl groups is 1. The minimum atomic E-state index is -4.24. The van der Waals surface area contributed by atoms with Crippen molar-refractivity contribution in [1.29, 1.82) is 5.26 Å². The summed E-state index contributed by atoms with van der Waals surface area (Å²) in [6.45, 7) is 12.4. The van der Waals surface area contributed by atoms with E-state index in [2.05, 4.69) is 16.4 Å². The third-order valence-electron chi connectivity index (χ3n) is 4.60. The number of thiazole rings is 1. The van der Waals surface area contributed by atoms with Crippen molar-refractivity contribution >= 4 is 33.1 Å². The number of urea groups is 1. The van der Waals surface area contributed by atoms with Gasteiger partial charge in [-0.2, -0.15) is 13.7 Å². The van der Waals surface area contributed by atoms with E-state index in [0.29, 0.717) is 21.8 Å². The number of anilines is 1. The first-order valence-electron chi connectivity index (χ1n) is 9.79. The Morgan fingerprint density at radius 1 is 1.19 bits per heavy atom. The van der Waals surface area contributed by atoms with E-state index in [1.54, 1.807) is 19.1 Å². The van der Waals surface area contributed by atoms with E-state index < -0.39 is 21.7 Å². The van der Waals surface area contributed by atoms with Crippen LogP contribution in [0.4, 0.5) is 10.5 Å². The average molecular weight is 465 g/mol. The van der Waals surface area contributed by atoms with Crippen LogP contribution in [-0.4, -0.2) is 24.5 Å². The van der Waals surface area contributed by atoms with Crippen LogP contribution in [0.15, 0.2) is 16.5 Å². The maximum absolute atomic E-state index is 12.7. The second kappa shape index (κ2) is 8.94. The molecule has 0 saturated heterocycles. The van der Waals surface area contributed by atoms with Gasteiger partial charge in [0, 0.05) is 5.69 Å². The lowest BCUT2D eigenvalue weighted by Crippen LogP contribution is -2.35. The second-order valence-electron chi connectivity index (χ2n) is 8.46. The van der Waals surface area contributed by atoms with Gasteiger partial charge in [-0.1, -0.05) is 27.7 Å². The Kier molecular flexibility index (Phi) is 7.15. The fraction of sp³-hybridized carbons (Fsp3) is 0.476. The van der Waals surface area contributed by atoms with E-state index >= 15 is 0 Å². The molecule has 3 N–H and O–H groups in total. The van der Waals surface area contributed by atoms with E-state index in [1.807, 2.05) is 32.4 Å². The van der Waals surface area contributed by atoms with Crippen LogP contribution in [0.3, 0.4) is 0 Å². The van der Waals surface area contributed by atoms with Crippen molar-refractivity contribution in [3.8, 4) is 6.07 Å². The van der Waals surface area contributed by atoms with Crippen molar-refractivity contribution in [2.75, 3.05) is 5.32 Å². The fourth-order valence-electron chi connectivity index (χ4n) is 3.17. The third-order valence-corrected chi connectivity index (χ3v) is 7.78. The molecule has 1 aromatic carbocycles. The number of nitriles is 1. The number of rotatable bonds is 6. The van der Waals surface area contributed by atoms with Crippen molar-refractivity contribution < 1.29 is 18.3 Å². The number of amides is 2. The summed E-state index contributed by atoms with van der Waals surface area (Å²) < 4.78 is 27.1. The molecule has 0 radical (unpaired) electrons. The Hall–Kier alpha value is -2.48. The molecule has 2 amide bonds. The van der Waals surface area contributed by atoms with Crippen LogP contribution in [0.5, 0.6) is 0 Å². The number of benzene rings is 1. The number of nitrogens with zero attached hydrogens (tertiary/aromatic N) is 2. The summed E-state index contributed by atoms with van der Waals surface area (Å²) in [4.78, 5) is 17.1. The number of aryl methyl sites for hydroxylation is 1. The van der Waals surface area contributed by atoms with Crippen LogP contribution in [-0.2, 0) is 15.6 Å². The van der Waals surface area contributed by atoms with Crippen molar-refractivity contribution in [3.05, 3.63) is 39.4 Å². The summed E-state index contributed by atoms with van der Waals surface area (Å²) in [7, 11) is -4.24. The highest BCUT2D eigenvalue weighted by molar-refractivity contribution is 7.92. The zero-order valence-corrected chi connectivity index (χ0v) is 20.3. The highest BCUT2D eigenvalue weighted by Gasteiger charge is 2.29. The molecule has 2 rings (SSSR count). The second-order valence-corrected chi connectivity index (χ2v) is 11.3. The lowest BCUT2D eigenvalue weighted by molar-refractivity contribution is 0.0817. The SMILES string of the molecule is Cc1nc(S(=O)(=O)NC(=O)Nc2c(C(C)C)cc(C#N)cc2C(C)C)sc1C(C)(C)O. The topological polar surface area (TPSA) is 132 Å². The van der Waals surface area contributed by atoms with Gasteiger partial charge in [-0.15, -0.1) is 11.3 Å². The molecule has 0 fully saturated rings. The van der Waals surface area contributed by atoms with Gasteiger partial charge in [0.25, 0.3) is 10.0 Å². The molecule has 1 heterocycles. The lowest BCUT2D eigenvalue weighted by atomic mass is 9.90. The molecule has 0 aliphatic carbocycles. The molecule has 0 saturated carbocycles. The molecule has 0 spiro atoms. The van der Waals surface area contributed by atoms with Gasteiger partial charge in [0.2, 0.25) is 4.34 Å². The average Bonchev–Trinajstić information content (AvgIpc) is 3.04. The zero-order chi connectivity index (χ0) is 23.7. The maximum atomic E-state index is 12.7. The summed E-state index contributed by atoms with van der Waals surface area (Å²) in [6.07, 6.45) is 0. The van der Waals surface area contributed by atoms with Crippen molar-refractivity contribution in [2.45, 2.75) is 70.2 Å². The molecule has 31 heavy (non-hydrogen) atoms. The summed E-state index contributed by atoms with van der Waals surface area (Å²) >= 11 is 0.815. The molecular formula is C21H28N4O4S2. The number of hydrogen-bond acceptors (Lipinski definition) is 7. The van der Waals surface area contributed by atoms with Crippen LogP contribution < -0.4 is 10.0 Å². The molecule has 0 aliphatic rings.